The van der Waals surface area contributed by atoms with Crippen molar-refractivity contribution >= 4 is 8.60 Å². The third kappa shape index (κ3) is 1.69. The first-order chi connectivity index (χ1) is 5.75. The molecule has 68 valence electrons. The van der Waals surface area contributed by atoms with Crippen molar-refractivity contribution in [2.24, 2.45) is 17.8 Å². The summed E-state index contributed by atoms with van der Waals surface area (Å²) >= 11 is 0. The van der Waals surface area contributed by atoms with E-state index in [1.807, 2.05) is 0 Å². The number of hydrogen-bond donors (Lipinski definition) is 2. The van der Waals surface area contributed by atoms with Gasteiger partial charge < -0.3 is 14.3 Å². The van der Waals surface area contributed by atoms with Crippen LogP contribution in [0.2, 0.25) is 0 Å². The molecule has 0 radical (unpaired) electrons. The molecule has 0 heterocycles. The molecule has 0 aromatic heterocycles. The topological polar surface area (TPSA) is 49.7 Å². The van der Waals surface area contributed by atoms with Crippen molar-refractivity contribution in [1.29, 1.82) is 0 Å². The summed E-state index contributed by atoms with van der Waals surface area (Å²) in [7, 11) is -2.15. The van der Waals surface area contributed by atoms with Gasteiger partial charge >= 0.3 is 8.60 Å². The molecule has 3 atom stereocenters. The number of rotatable bonds is 3. The average molecular weight is 188 g/mol. The lowest BCUT2D eigenvalue weighted by molar-refractivity contribution is 0.196. The molecule has 0 amide bonds. The van der Waals surface area contributed by atoms with Crippen LogP contribution < -0.4 is 0 Å². The first kappa shape index (κ1) is 8.64. The smallest absolute Gasteiger partial charge is 0.327 e. The van der Waals surface area contributed by atoms with Crippen molar-refractivity contribution in [2.75, 3.05) is 6.61 Å². The first-order valence-electron chi connectivity index (χ1n) is 4.25. The molecule has 0 saturated heterocycles. The maximum Gasteiger partial charge on any atom is 0.327 e. The first-order valence-corrected chi connectivity index (χ1v) is 5.41. The van der Waals surface area contributed by atoms with Crippen LogP contribution in [0, 0.1) is 17.8 Å². The van der Waals surface area contributed by atoms with E-state index in [0.29, 0.717) is 18.4 Å². The summed E-state index contributed by atoms with van der Waals surface area (Å²) in [5, 5.41) is 0. The normalized spacial score (nSPS) is 38.4. The maximum absolute atomic E-state index is 8.56. The van der Waals surface area contributed by atoms with Crippen LogP contribution in [-0.2, 0) is 4.52 Å². The van der Waals surface area contributed by atoms with Crippen molar-refractivity contribution in [2.45, 2.75) is 12.8 Å². The molecule has 3 unspecified atom stereocenters. The van der Waals surface area contributed by atoms with Crippen LogP contribution in [-0.4, -0.2) is 16.4 Å². The number of allylic oxidation sites excluding steroid dienone is 2. The lowest BCUT2D eigenvalue weighted by Crippen LogP contribution is -2.12. The fourth-order valence-electron chi connectivity index (χ4n) is 2.25. The van der Waals surface area contributed by atoms with Crippen LogP contribution in [0.5, 0.6) is 0 Å². The monoisotopic (exact) mass is 188 g/mol. The second-order valence-electron chi connectivity index (χ2n) is 3.59. The molecule has 2 aliphatic carbocycles. The summed E-state index contributed by atoms with van der Waals surface area (Å²) < 4.78 is 4.82. The molecule has 2 aliphatic rings. The largest absolute Gasteiger partial charge is 0.328 e. The van der Waals surface area contributed by atoms with E-state index in [1.165, 1.54) is 6.42 Å². The van der Waals surface area contributed by atoms with Crippen LogP contribution in [0.3, 0.4) is 0 Å². The Balaban J connectivity index is 1.80. The lowest BCUT2D eigenvalue weighted by atomic mass is 9.95. The van der Waals surface area contributed by atoms with E-state index in [-0.39, 0.29) is 0 Å². The summed E-state index contributed by atoms with van der Waals surface area (Å²) in [4.78, 5) is 17.1. The highest BCUT2D eigenvalue weighted by Crippen LogP contribution is 2.44. The van der Waals surface area contributed by atoms with Crippen molar-refractivity contribution in [1.82, 2.24) is 0 Å². The van der Waals surface area contributed by atoms with E-state index >= 15 is 0 Å². The van der Waals surface area contributed by atoms with Gasteiger partial charge in [0.05, 0.1) is 6.61 Å². The summed E-state index contributed by atoms with van der Waals surface area (Å²) in [6.45, 7) is 0.504. The van der Waals surface area contributed by atoms with E-state index < -0.39 is 8.60 Å². The highest BCUT2D eigenvalue weighted by atomic mass is 31.2. The Morgan fingerprint density at radius 3 is 2.67 bits per heavy atom. The summed E-state index contributed by atoms with van der Waals surface area (Å²) in [6.07, 6.45) is 6.90. The SMILES string of the molecule is OP(O)OCC1CC2C=CC1C2. The van der Waals surface area contributed by atoms with Gasteiger partial charge in [0, 0.05) is 0 Å². The zero-order chi connectivity index (χ0) is 8.55. The minimum absolute atomic E-state index is 0.504. The van der Waals surface area contributed by atoms with E-state index in [9.17, 15) is 0 Å². The molecule has 0 spiro atoms. The fraction of sp³-hybridized carbons (Fsp3) is 0.750. The Morgan fingerprint density at radius 2 is 2.17 bits per heavy atom. The molecule has 0 aliphatic heterocycles. The molecule has 2 bridgehead atoms. The number of fused-ring (bicyclic) bond motifs is 2. The van der Waals surface area contributed by atoms with Crippen molar-refractivity contribution in [3.8, 4) is 0 Å². The van der Waals surface area contributed by atoms with Crippen LogP contribution >= 0.6 is 8.60 Å². The quantitative estimate of drug-likeness (QED) is 0.520. The fourth-order valence-corrected chi connectivity index (χ4v) is 2.57. The minimum atomic E-state index is -2.15. The van der Waals surface area contributed by atoms with Crippen molar-refractivity contribution < 1.29 is 14.3 Å². The van der Waals surface area contributed by atoms with Gasteiger partial charge in [0.15, 0.2) is 0 Å². The summed E-state index contributed by atoms with van der Waals surface area (Å²) in [5.74, 6) is 1.88. The molecular formula is C8H13O3P. The second-order valence-corrected chi connectivity index (χ2v) is 4.35. The van der Waals surface area contributed by atoms with Gasteiger partial charge in [-0.2, -0.15) is 0 Å². The van der Waals surface area contributed by atoms with Gasteiger partial charge in [0.1, 0.15) is 0 Å². The summed E-state index contributed by atoms with van der Waals surface area (Å²) in [6, 6.07) is 0. The third-order valence-electron chi connectivity index (χ3n) is 2.82. The third-order valence-corrected chi connectivity index (χ3v) is 3.20. The summed E-state index contributed by atoms with van der Waals surface area (Å²) in [5.41, 5.74) is 0. The molecule has 0 aromatic carbocycles. The molecule has 0 aromatic rings. The van der Waals surface area contributed by atoms with Crippen LogP contribution in [0.1, 0.15) is 12.8 Å². The van der Waals surface area contributed by atoms with Gasteiger partial charge in [0.25, 0.3) is 0 Å². The standard InChI is InChI=1S/C8H13O3P/c9-12(10)11-5-8-4-6-1-2-7(8)3-6/h1-2,6-10H,3-5H2. The number of hydrogen-bond acceptors (Lipinski definition) is 3. The van der Waals surface area contributed by atoms with E-state index in [4.69, 9.17) is 14.3 Å². The maximum atomic E-state index is 8.56. The Hall–Kier alpha value is 0.0500. The van der Waals surface area contributed by atoms with Crippen molar-refractivity contribution in [3.63, 3.8) is 0 Å². The molecule has 4 heteroatoms. The minimum Gasteiger partial charge on any atom is -0.328 e. The predicted octanol–water partition coefficient (Wildman–Crippen LogP) is 1.43. The molecule has 1 saturated carbocycles. The van der Waals surface area contributed by atoms with Gasteiger partial charge in [-0.15, -0.1) is 0 Å². The second kappa shape index (κ2) is 3.43. The zero-order valence-corrected chi connectivity index (χ0v) is 7.65. The Labute approximate surface area is 73.1 Å². The van der Waals surface area contributed by atoms with Crippen LogP contribution in [0.4, 0.5) is 0 Å². The Morgan fingerprint density at radius 1 is 1.33 bits per heavy atom. The van der Waals surface area contributed by atoms with Gasteiger partial charge in [-0.1, -0.05) is 12.2 Å². The van der Waals surface area contributed by atoms with Crippen LogP contribution in [0.15, 0.2) is 12.2 Å². The molecule has 3 nitrogen and oxygen atoms in total. The molecule has 12 heavy (non-hydrogen) atoms. The van der Waals surface area contributed by atoms with Gasteiger partial charge in [-0.3, -0.25) is 0 Å². The highest BCUT2D eigenvalue weighted by Gasteiger charge is 2.35. The molecule has 1 fully saturated rings. The van der Waals surface area contributed by atoms with Crippen LogP contribution in [0.25, 0.3) is 0 Å². The molecule has 2 N–H and O–H groups in total. The van der Waals surface area contributed by atoms with Gasteiger partial charge in [-0.05, 0) is 30.6 Å². The lowest BCUT2D eigenvalue weighted by Gasteiger charge is -2.17. The van der Waals surface area contributed by atoms with E-state index in [2.05, 4.69) is 12.2 Å². The highest BCUT2D eigenvalue weighted by molar-refractivity contribution is 7.39. The zero-order valence-electron chi connectivity index (χ0n) is 6.76. The van der Waals surface area contributed by atoms with E-state index in [0.717, 1.165) is 12.3 Å². The van der Waals surface area contributed by atoms with Gasteiger partial charge in [-0.25, -0.2) is 0 Å². The van der Waals surface area contributed by atoms with E-state index in [1.54, 1.807) is 0 Å². The predicted molar refractivity (Wildman–Crippen MR) is 46.2 cm³/mol. The average Bonchev–Trinajstić information content (AvgIpc) is 2.60. The molecule has 2 rings (SSSR count). The van der Waals surface area contributed by atoms with Crippen molar-refractivity contribution in [3.05, 3.63) is 12.2 Å². The Kier molecular flexibility index (Phi) is 2.47. The Bertz CT molecular complexity index is 193. The molecular weight excluding hydrogens is 175 g/mol. The van der Waals surface area contributed by atoms with Gasteiger partial charge in [0.2, 0.25) is 0 Å².